The highest BCUT2D eigenvalue weighted by Crippen LogP contribution is 2.33. The van der Waals surface area contributed by atoms with Crippen LogP contribution in [0.1, 0.15) is 24.8 Å². The van der Waals surface area contributed by atoms with Gasteiger partial charge in [0.15, 0.2) is 6.10 Å². The van der Waals surface area contributed by atoms with Gasteiger partial charge in [0.1, 0.15) is 5.75 Å². The van der Waals surface area contributed by atoms with E-state index in [1.54, 1.807) is 25.1 Å². The molecule has 1 saturated heterocycles. The number of piperidine rings is 1. The lowest BCUT2D eigenvalue weighted by molar-refractivity contribution is -0.385. The Bertz CT molecular complexity index is 1030. The van der Waals surface area contributed by atoms with Crippen molar-refractivity contribution in [2.75, 3.05) is 36.4 Å². The van der Waals surface area contributed by atoms with Crippen LogP contribution in [0.2, 0.25) is 0 Å². The zero-order valence-corrected chi connectivity index (χ0v) is 18.0. The van der Waals surface area contributed by atoms with E-state index in [2.05, 4.69) is 5.32 Å². The van der Waals surface area contributed by atoms with Crippen LogP contribution < -0.4 is 15.0 Å². The highest BCUT2D eigenvalue weighted by molar-refractivity contribution is 5.95. The summed E-state index contributed by atoms with van der Waals surface area (Å²) < 4.78 is 5.99. The molecule has 1 atom stereocenters. The maximum atomic E-state index is 13.0. The van der Waals surface area contributed by atoms with Crippen molar-refractivity contribution in [3.63, 3.8) is 0 Å². The average Bonchev–Trinajstić information content (AvgIpc) is 2.80. The summed E-state index contributed by atoms with van der Waals surface area (Å²) in [5.41, 5.74) is 1.57. The van der Waals surface area contributed by atoms with Crippen molar-refractivity contribution in [1.82, 2.24) is 4.90 Å². The van der Waals surface area contributed by atoms with Gasteiger partial charge in [0, 0.05) is 30.4 Å². The zero-order chi connectivity index (χ0) is 22.7. The largest absolute Gasteiger partial charge is 0.477 e. The van der Waals surface area contributed by atoms with Gasteiger partial charge >= 0.3 is 0 Å². The molecule has 2 amide bonds. The van der Waals surface area contributed by atoms with Gasteiger partial charge in [0.25, 0.3) is 11.6 Å². The standard InChI is InChI=1S/C23H26N4O5/c1-16-9-10-17(13-19(16)27(30)31)24-22(28)15-26-14-21(23(29)25-11-5-2-6-12-25)32-20-8-4-3-7-18(20)26/h3-4,7-10,13,21H,2,5-6,11-12,14-15H2,1H3,(H,24,28)/t21-/m0/s1. The summed E-state index contributed by atoms with van der Waals surface area (Å²) in [7, 11) is 0. The number of anilines is 2. The fourth-order valence-corrected chi connectivity index (χ4v) is 4.16. The van der Waals surface area contributed by atoms with Gasteiger partial charge in [0.2, 0.25) is 5.91 Å². The number of nitrogens with zero attached hydrogens (tertiary/aromatic N) is 3. The minimum Gasteiger partial charge on any atom is -0.477 e. The third-order valence-electron chi connectivity index (χ3n) is 5.83. The van der Waals surface area contributed by atoms with Crippen LogP contribution >= 0.6 is 0 Å². The number of amides is 2. The van der Waals surface area contributed by atoms with Crippen LogP contribution in [0.4, 0.5) is 17.1 Å². The third kappa shape index (κ3) is 4.66. The van der Waals surface area contributed by atoms with Gasteiger partial charge in [-0.2, -0.15) is 0 Å². The van der Waals surface area contributed by atoms with Gasteiger partial charge in [-0.1, -0.05) is 18.2 Å². The Morgan fingerprint density at radius 2 is 1.91 bits per heavy atom. The minimum absolute atomic E-state index is 0.00811. The Kier molecular flexibility index (Phi) is 6.25. The van der Waals surface area contributed by atoms with Crippen LogP contribution in [-0.4, -0.2) is 53.9 Å². The maximum absolute atomic E-state index is 13.0. The van der Waals surface area contributed by atoms with Crippen LogP contribution in [0.25, 0.3) is 0 Å². The molecule has 1 fully saturated rings. The lowest BCUT2D eigenvalue weighted by Gasteiger charge is -2.38. The number of carbonyl (C=O) groups excluding carboxylic acids is 2. The molecule has 0 saturated carbocycles. The zero-order valence-electron chi connectivity index (χ0n) is 18.0. The average molecular weight is 438 g/mol. The van der Waals surface area contributed by atoms with Crippen molar-refractivity contribution in [3.8, 4) is 5.75 Å². The number of para-hydroxylation sites is 2. The van der Waals surface area contributed by atoms with Crippen molar-refractivity contribution in [3.05, 3.63) is 58.1 Å². The van der Waals surface area contributed by atoms with Crippen molar-refractivity contribution >= 4 is 28.9 Å². The molecule has 4 rings (SSSR count). The molecule has 168 valence electrons. The normalized spacial score (nSPS) is 17.8. The number of ether oxygens (including phenoxy) is 1. The van der Waals surface area contributed by atoms with E-state index in [4.69, 9.17) is 4.74 Å². The predicted molar refractivity (Wildman–Crippen MR) is 120 cm³/mol. The second-order valence-corrected chi connectivity index (χ2v) is 8.15. The molecule has 0 spiro atoms. The summed E-state index contributed by atoms with van der Waals surface area (Å²) in [6.45, 7) is 3.35. The third-order valence-corrected chi connectivity index (χ3v) is 5.83. The predicted octanol–water partition coefficient (Wildman–Crippen LogP) is 3.12. The Labute approximate surface area is 186 Å². The van der Waals surface area contributed by atoms with E-state index in [0.717, 1.165) is 38.0 Å². The highest BCUT2D eigenvalue weighted by Gasteiger charge is 2.34. The molecule has 32 heavy (non-hydrogen) atoms. The smallest absolute Gasteiger partial charge is 0.274 e. The molecule has 2 aromatic carbocycles. The molecular formula is C23H26N4O5. The summed E-state index contributed by atoms with van der Waals surface area (Å²) in [5.74, 6) is 0.177. The molecule has 2 heterocycles. The maximum Gasteiger partial charge on any atom is 0.274 e. The molecule has 0 radical (unpaired) electrons. The van der Waals surface area contributed by atoms with E-state index in [0.29, 0.717) is 17.0 Å². The van der Waals surface area contributed by atoms with Crippen LogP contribution in [0.5, 0.6) is 5.75 Å². The van der Waals surface area contributed by atoms with Crippen molar-refractivity contribution in [1.29, 1.82) is 0 Å². The number of aryl methyl sites for hydroxylation is 1. The number of nitrogens with one attached hydrogen (secondary N) is 1. The van der Waals surface area contributed by atoms with Crippen LogP contribution in [0.3, 0.4) is 0 Å². The monoisotopic (exact) mass is 438 g/mol. The summed E-state index contributed by atoms with van der Waals surface area (Å²) >= 11 is 0. The summed E-state index contributed by atoms with van der Waals surface area (Å²) in [5, 5.41) is 13.9. The van der Waals surface area contributed by atoms with Gasteiger partial charge in [-0.05, 0) is 44.4 Å². The van der Waals surface area contributed by atoms with Gasteiger partial charge in [-0.25, -0.2) is 0 Å². The fraction of sp³-hybridized carbons (Fsp3) is 0.391. The number of rotatable bonds is 5. The fourth-order valence-electron chi connectivity index (χ4n) is 4.16. The van der Waals surface area contributed by atoms with Crippen molar-refractivity contribution < 1.29 is 19.2 Å². The van der Waals surface area contributed by atoms with Crippen molar-refractivity contribution in [2.24, 2.45) is 0 Å². The SMILES string of the molecule is Cc1ccc(NC(=O)CN2C[C@@H](C(=O)N3CCCCC3)Oc3ccccc32)cc1[N+](=O)[O-]. The molecule has 1 N–H and O–H groups in total. The molecule has 2 aliphatic heterocycles. The molecule has 2 aliphatic rings. The van der Waals surface area contributed by atoms with E-state index in [1.165, 1.54) is 6.07 Å². The number of hydrogen-bond acceptors (Lipinski definition) is 6. The van der Waals surface area contributed by atoms with Crippen LogP contribution in [0.15, 0.2) is 42.5 Å². The summed E-state index contributed by atoms with van der Waals surface area (Å²) in [6.07, 6.45) is 2.42. The number of likely N-dealkylation sites (tertiary alicyclic amines) is 1. The van der Waals surface area contributed by atoms with E-state index in [-0.39, 0.29) is 30.6 Å². The summed E-state index contributed by atoms with van der Waals surface area (Å²) in [6, 6.07) is 11.9. The first kappa shape index (κ1) is 21.6. The first-order chi connectivity index (χ1) is 15.4. The lowest BCUT2D eigenvalue weighted by atomic mass is 10.1. The number of carbonyl (C=O) groups is 2. The van der Waals surface area contributed by atoms with Gasteiger partial charge in [0.05, 0.1) is 23.7 Å². The quantitative estimate of drug-likeness (QED) is 0.568. The van der Waals surface area contributed by atoms with E-state index in [9.17, 15) is 19.7 Å². The van der Waals surface area contributed by atoms with E-state index >= 15 is 0 Å². The first-order valence-corrected chi connectivity index (χ1v) is 10.8. The summed E-state index contributed by atoms with van der Waals surface area (Å²) in [4.78, 5) is 40.2. The minimum atomic E-state index is -0.684. The second-order valence-electron chi connectivity index (χ2n) is 8.15. The van der Waals surface area contributed by atoms with Gasteiger partial charge in [-0.3, -0.25) is 19.7 Å². The molecule has 2 aromatic rings. The van der Waals surface area contributed by atoms with Gasteiger partial charge < -0.3 is 19.9 Å². The first-order valence-electron chi connectivity index (χ1n) is 10.8. The van der Waals surface area contributed by atoms with Crippen LogP contribution in [0, 0.1) is 17.0 Å². The number of nitro benzene ring substituents is 1. The second kappa shape index (κ2) is 9.25. The van der Waals surface area contributed by atoms with E-state index < -0.39 is 11.0 Å². The Morgan fingerprint density at radius 3 is 2.66 bits per heavy atom. The molecule has 0 bridgehead atoms. The van der Waals surface area contributed by atoms with E-state index in [1.807, 2.05) is 28.0 Å². The molecule has 9 nitrogen and oxygen atoms in total. The lowest BCUT2D eigenvalue weighted by Crippen LogP contribution is -2.52. The van der Waals surface area contributed by atoms with Crippen molar-refractivity contribution in [2.45, 2.75) is 32.3 Å². The topological polar surface area (TPSA) is 105 Å². The molecular weight excluding hydrogens is 412 g/mol. The molecule has 0 aromatic heterocycles. The van der Waals surface area contributed by atoms with Gasteiger partial charge in [-0.15, -0.1) is 0 Å². The van der Waals surface area contributed by atoms with Crippen LogP contribution in [-0.2, 0) is 9.59 Å². The highest BCUT2D eigenvalue weighted by atomic mass is 16.6. The molecule has 0 unspecified atom stereocenters. The number of benzene rings is 2. The molecule has 0 aliphatic carbocycles. The molecule has 9 heteroatoms. The Morgan fingerprint density at radius 1 is 1.16 bits per heavy atom. The number of fused-ring (bicyclic) bond motifs is 1. The number of nitro groups is 1. The number of hydrogen-bond donors (Lipinski definition) is 1. The Balaban J connectivity index is 1.49. The Hall–Kier alpha value is -3.62.